The molecule has 3 nitrogen and oxygen atoms in total. The summed E-state index contributed by atoms with van der Waals surface area (Å²) in [6, 6.07) is 18.4. The molecule has 1 aliphatic heterocycles. The molecule has 0 bridgehead atoms. The van der Waals surface area contributed by atoms with Gasteiger partial charge in [0.2, 0.25) is 0 Å². The topological polar surface area (TPSA) is 29.5 Å². The molecule has 0 saturated carbocycles. The quantitative estimate of drug-likeness (QED) is 0.839. The van der Waals surface area contributed by atoms with Crippen molar-refractivity contribution in [2.24, 2.45) is 0 Å². The van der Waals surface area contributed by atoms with Gasteiger partial charge in [-0.15, -0.1) is 0 Å². The second-order valence-electron chi connectivity index (χ2n) is 6.38. The van der Waals surface area contributed by atoms with Crippen LogP contribution < -0.4 is 0 Å². The largest absolute Gasteiger partial charge is 0.374 e. The van der Waals surface area contributed by atoms with Crippen LogP contribution in [0.25, 0.3) is 0 Å². The molecular weight excluding hydrogens is 298 g/mol. The van der Waals surface area contributed by atoms with Crippen LogP contribution in [-0.2, 0) is 17.6 Å². The Kier molecular flexibility index (Phi) is 5.65. The van der Waals surface area contributed by atoms with Crippen LogP contribution in [-0.4, -0.2) is 36.6 Å². The summed E-state index contributed by atoms with van der Waals surface area (Å²) >= 11 is 0. The summed E-state index contributed by atoms with van der Waals surface area (Å²) in [5.41, 5.74) is 3.31. The van der Waals surface area contributed by atoms with Crippen LogP contribution in [0.3, 0.4) is 0 Å². The zero-order valence-electron chi connectivity index (χ0n) is 14.3. The Hall–Kier alpha value is -2.13. The Morgan fingerprint density at radius 2 is 1.83 bits per heavy atom. The first-order valence-corrected chi connectivity index (χ1v) is 8.80. The smallest absolute Gasteiger partial charge is 0.254 e. The van der Waals surface area contributed by atoms with E-state index in [0.717, 1.165) is 24.8 Å². The van der Waals surface area contributed by atoms with Crippen molar-refractivity contribution in [3.63, 3.8) is 0 Å². The molecule has 24 heavy (non-hydrogen) atoms. The van der Waals surface area contributed by atoms with E-state index in [1.165, 1.54) is 11.1 Å². The Morgan fingerprint density at radius 3 is 2.54 bits per heavy atom. The van der Waals surface area contributed by atoms with Crippen LogP contribution in [0, 0.1) is 0 Å². The molecule has 3 rings (SSSR count). The summed E-state index contributed by atoms with van der Waals surface area (Å²) < 4.78 is 5.86. The maximum absolute atomic E-state index is 12.7. The summed E-state index contributed by atoms with van der Waals surface area (Å²) in [6.45, 7) is 4.10. The van der Waals surface area contributed by atoms with Crippen LogP contribution in [0.2, 0.25) is 0 Å². The normalized spacial score (nSPS) is 17.7. The van der Waals surface area contributed by atoms with Crippen LogP contribution in [0.4, 0.5) is 0 Å². The first-order valence-electron chi connectivity index (χ1n) is 8.80. The molecule has 126 valence electrons. The standard InChI is InChI=1S/C21H25NO2/c1-2-6-17-9-11-19(12-10-17)21(23)22-13-14-24-20(16-22)15-18-7-4-3-5-8-18/h3-5,7-12,20H,2,6,13-16H2,1H3. The lowest BCUT2D eigenvalue weighted by Crippen LogP contribution is -2.46. The lowest BCUT2D eigenvalue weighted by atomic mass is 10.0. The van der Waals surface area contributed by atoms with Crippen molar-refractivity contribution in [1.29, 1.82) is 0 Å². The van der Waals surface area contributed by atoms with Gasteiger partial charge in [-0.3, -0.25) is 4.79 Å². The van der Waals surface area contributed by atoms with Crippen molar-refractivity contribution in [1.82, 2.24) is 4.90 Å². The van der Waals surface area contributed by atoms with Crippen LogP contribution in [0.15, 0.2) is 54.6 Å². The van der Waals surface area contributed by atoms with E-state index >= 15 is 0 Å². The lowest BCUT2D eigenvalue weighted by Gasteiger charge is -2.33. The highest BCUT2D eigenvalue weighted by Gasteiger charge is 2.25. The second kappa shape index (κ2) is 8.11. The first kappa shape index (κ1) is 16.7. The Bertz CT molecular complexity index is 651. The summed E-state index contributed by atoms with van der Waals surface area (Å²) in [7, 11) is 0. The second-order valence-corrected chi connectivity index (χ2v) is 6.38. The molecule has 1 aliphatic rings. The van der Waals surface area contributed by atoms with E-state index in [9.17, 15) is 4.79 Å². The molecule has 2 aromatic rings. The van der Waals surface area contributed by atoms with Gasteiger partial charge in [0.25, 0.3) is 5.91 Å². The number of hydrogen-bond donors (Lipinski definition) is 0. The Labute approximate surface area is 144 Å². The van der Waals surface area contributed by atoms with E-state index < -0.39 is 0 Å². The highest BCUT2D eigenvalue weighted by molar-refractivity contribution is 5.94. The highest BCUT2D eigenvalue weighted by atomic mass is 16.5. The fourth-order valence-corrected chi connectivity index (χ4v) is 3.19. The molecule has 0 radical (unpaired) electrons. The van der Waals surface area contributed by atoms with Gasteiger partial charge in [0, 0.05) is 25.1 Å². The summed E-state index contributed by atoms with van der Waals surface area (Å²) in [6.07, 6.45) is 3.10. The van der Waals surface area contributed by atoms with Gasteiger partial charge >= 0.3 is 0 Å². The number of amides is 1. The molecule has 1 fully saturated rings. The van der Waals surface area contributed by atoms with Crippen molar-refractivity contribution < 1.29 is 9.53 Å². The predicted molar refractivity (Wildman–Crippen MR) is 96.2 cm³/mol. The zero-order valence-corrected chi connectivity index (χ0v) is 14.3. The van der Waals surface area contributed by atoms with Gasteiger partial charge in [-0.2, -0.15) is 0 Å². The number of ether oxygens (including phenoxy) is 1. The number of nitrogens with zero attached hydrogens (tertiary/aromatic N) is 1. The molecule has 1 saturated heterocycles. The highest BCUT2D eigenvalue weighted by Crippen LogP contribution is 2.15. The summed E-state index contributed by atoms with van der Waals surface area (Å²) in [5, 5.41) is 0. The van der Waals surface area contributed by atoms with E-state index in [4.69, 9.17) is 4.74 Å². The summed E-state index contributed by atoms with van der Waals surface area (Å²) in [4.78, 5) is 14.7. The van der Waals surface area contributed by atoms with Gasteiger partial charge in [-0.05, 0) is 29.7 Å². The minimum absolute atomic E-state index is 0.0736. The molecule has 1 atom stereocenters. The maximum atomic E-state index is 12.7. The molecular formula is C21H25NO2. The van der Waals surface area contributed by atoms with Crippen molar-refractivity contribution in [3.05, 3.63) is 71.3 Å². The van der Waals surface area contributed by atoms with Crippen molar-refractivity contribution in [2.75, 3.05) is 19.7 Å². The van der Waals surface area contributed by atoms with Crippen molar-refractivity contribution in [3.8, 4) is 0 Å². The molecule has 0 aliphatic carbocycles. The molecule has 2 aromatic carbocycles. The van der Waals surface area contributed by atoms with Gasteiger partial charge in [0.1, 0.15) is 0 Å². The SMILES string of the molecule is CCCc1ccc(C(=O)N2CCOC(Cc3ccccc3)C2)cc1. The average molecular weight is 323 g/mol. The lowest BCUT2D eigenvalue weighted by molar-refractivity contribution is -0.0208. The van der Waals surface area contributed by atoms with Crippen LogP contribution in [0.5, 0.6) is 0 Å². The van der Waals surface area contributed by atoms with E-state index in [2.05, 4.69) is 31.2 Å². The van der Waals surface area contributed by atoms with Gasteiger partial charge in [0.15, 0.2) is 0 Å². The van der Waals surface area contributed by atoms with Gasteiger partial charge in [-0.1, -0.05) is 55.8 Å². The van der Waals surface area contributed by atoms with E-state index in [0.29, 0.717) is 19.7 Å². The van der Waals surface area contributed by atoms with E-state index in [1.54, 1.807) is 0 Å². The Morgan fingerprint density at radius 1 is 1.08 bits per heavy atom. The molecule has 0 aromatic heterocycles. The molecule has 1 amide bonds. The minimum Gasteiger partial charge on any atom is -0.374 e. The Balaban J connectivity index is 1.62. The maximum Gasteiger partial charge on any atom is 0.254 e. The number of carbonyl (C=O) groups excluding carboxylic acids is 1. The van der Waals surface area contributed by atoms with Crippen molar-refractivity contribution >= 4 is 5.91 Å². The molecule has 0 N–H and O–H groups in total. The van der Waals surface area contributed by atoms with Crippen LogP contribution >= 0.6 is 0 Å². The van der Waals surface area contributed by atoms with E-state index in [-0.39, 0.29) is 12.0 Å². The van der Waals surface area contributed by atoms with Gasteiger partial charge in [0.05, 0.1) is 12.7 Å². The predicted octanol–water partition coefficient (Wildman–Crippen LogP) is 3.72. The van der Waals surface area contributed by atoms with Crippen molar-refractivity contribution in [2.45, 2.75) is 32.3 Å². The average Bonchev–Trinajstić information content (AvgIpc) is 2.63. The fraction of sp³-hybridized carbons (Fsp3) is 0.381. The number of aryl methyl sites for hydroxylation is 1. The zero-order chi connectivity index (χ0) is 16.8. The number of carbonyl (C=O) groups is 1. The van der Waals surface area contributed by atoms with E-state index in [1.807, 2.05) is 35.2 Å². The molecule has 1 unspecified atom stereocenters. The molecule has 3 heteroatoms. The number of rotatable bonds is 5. The third kappa shape index (κ3) is 4.24. The molecule has 0 spiro atoms. The number of benzene rings is 2. The van der Waals surface area contributed by atoms with Crippen LogP contribution in [0.1, 0.15) is 34.8 Å². The monoisotopic (exact) mass is 323 g/mol. The molecule has 1 heterocycles. The third-order valence-corrected chi connectivity index (χ3v) is 4.47. The first-order chi connectivity index (χ1) is 11.8. The number of hydrogen-bond acceptors (Lipinski definition) is 2. The number of morpholine rings is 1. The fourth-order valence-electron chi connectivity index (χ4n) is 3.19. The summed E-state index contributed by atoms with van der Waals surface area (Å²) in [5.74, 6) is 0.111. The minimum atomic E-state index is 0.0736. The third-order valence-electron chi connectivity index (χ3n) is 4.47. The van der Waals surface area contributed by atoms with Gasteiger partial charge in [-0.25, -0.2) is 0 Å². The van der Waals surface area contributed by atoms with Gasteiger partial charge < -0.3 is 9.64 Å².